The number of rotatable bonds is 27. The second-order valence-electron chi connectivity index (χ2n) is 12.7. The van der Waals surface area contributed by atoms with Crippen molar-refractivity contribution in [2.75, 3.05) is 18.4 Å². The molecule has 0 aliphatic rings. The monoisotopic (exact) mass is 771 g/mol. The summed E-state index contributed by atoms with van der Waals surface area (Å²) in [6, 6.07) is 9.16. The van der Waals surface area contributed by atoms with E-state index in [2.05, 4.69) is 5.32 Å². The molecule has 55 heavy (non-hydrogen) atoms. The zero-order valence-electron chi connectivity index (χ0n) is 30.4. The van der Waals surface area contributed by atoms with Crippen LogP contribution in [0.1, 0.15) is 93.0 Å². The van der Waals surface area contributed by atoms with Crippen LogP contribution in [0.3, 0.4) is 0 Å². The fraction of sp³-hybridized carbons (Fsp3) is 0.459. The largest absolute Gasteiger partial charge is 0.481 e. The minimum Gasteiger partial charge on any atom is -0.481 e. The maximum absolute atomic E-state index is 13.1. The van der Waals surface area contributed by atoms with E-state index < -0.39 is 60.9 Å². The minimum absolute atomic E-state index is 0.0310. The topological polar surface area (TPSA) is 287 Å². The molecule has 2 atom stereocenters. The van der Waals surface area contributed by atoms with Gasteiger partial charge in [0, 0.05) is 18.8 Å². The number of unbranched alkanes of at least 4 members (excludes halogenated alkanes) is 9. The van der Waals surface area contributed by atoms with Gasteiger partial charge < -0.3 is 45.9 Å². The van der Waals surface area contributed by atoms with E-state index in [4.69, 9.17) is 25.7 Å². The number of hydrogen-bond donors (Lipinski definition) is 7. The molecule has 2 aromatic carbocycles. The third-order valence-corrected chi connectivity index (χ3v) is 8.41. The number of carbonyl (C=O) groups is 7. The summed E-state index contributed by atoms with van der Waals surface area (Å²) < 4.78 is 10.7. The first-order chi connectivity index (χ1) is 26.2. The number of nitrogens with two attached hydrogens (primary N) is 1. The lowest BCUT2D eigenvalue weighted by Crippen LogP contribution is -2.47. The van der Waals surface area contributed by atoms with Crippen LogP contribution in [0.5, 0.6) is 5.75 Å². The van der Waals surface area contributed by atoms with Crippen LogP contribution in [-0.2, 0) is 35.3 Å². The molecular weight excluding hydrogens is 722 g/mol. The highest BCUT2D eigenvalue weighted by molar-refractivity contribution is 5.93. The van der Waals surface area contributed by atoms with Crippen molar-refractivity contribution >= 4 is 54.0 Å². The molecule has 2 amide bonds. The van der Waals surface area contributed by atoms with Gasteiger partial charge in [-0.1, -0.05) is 63.5 Å². The molecule has 0 bridgehead atoms. The van der Waals surface area contributed by atoms with Gasteiger partial charge in [0.25, 0.3) is 0 Å². The Morgan fingerprint density at radius 2 is 1.20 bits per heavy atom. The number of aliphatic carboxylic acids is 4. The lowest BCUT2D eigenvalue weighted by atomic mass is 10.1. The molecule has 2 unspecified atom stereocenters. The molecule has 8 N–H and O–H groups in total. The predicted octanol–water partition coefficient (Wildman–Crippen LogP) is 4.36. The van der Waals surface area contributed by atoms with E-state index in [1.54, 1.807) is 24.3 Å². The van der Waals surface area contributed by atoms with Gasteiger partial charge in [0.2, 0.25) is 6.41 Å². The number of esters is 1. The maximum Gasteiger partial charge on any atom is 0.410 e. The summed E-state index contributed by atoms with van der Waals surface area (Å²) in [4.78, 5) is 84.3. The quantitative estimate of drug-likeness (QED) is 0.0166. The van der Waals surface area contributed by atoms with E-state index in [1.807, 2.05) is 0 Å². The molecule has 0 heterocycles. The Hall–Kier alpha value is -6.20. The number of hydrogen-bond acceptors (Lipinski definition) is 10. The molecular formula is C37H49N5O13. The molecule has 18 nitrogen and oxygen atoms in total. The van der Waals surface area contributed by atoms with Crippen molar-refractivity contribution in [3.05, 3.63) is 59.7 Å². The fourth-order valence-corrected chi connectivity index (χ4v) is 5.55. The van der Waals surface area contributed by atoms with Gasteiger partial charge in [0.05, 0.1) is 18.4 Å². The number of carboxylic acid groups (broad SMARTS) is 4. The van der Waals surface area contributed by atoms with Crippen LogP contribution < -0.4 is 15.8 Å². The minimum atomic E-state index is -1.63. The average Bonchev–Trinajstić information content (AvgIpc) is 3.13. The molecule has 300 valence electrons. The van der Waals surface area contributed by atoms with Crippen molar-refractivity contribution in [3.63, 3.8) is 0 Å². The number of nitrogens with one attached hydrogen (secondary N) is 2. The fourth-order valence-electron chi connectivity index (χ4n) is 5.55. The number of amides is 2. The van der Waals surface area contributed by atoms with Crippen molar-refractivity contribution in [2.24, 2.45) is 5.73 Å². The Balaban J connectivity index is 1.77. The van der Waals surface area contributed by atoms with Gasteiger partial charge in [-0.3, -0.25) is 24.7 Å². The van der Waals surface area contributed by atoms with Crippen LogP contribution >= 0.6 is 0 Å². The Bertz CT molecular complexity index is 1600. The third-order valence-electron chi connectivity index (χ3n) is 8.41. The van der Waals surface area contributed by atoms with E-state index >= 15 is 0 Å². The van der Waals surface area contributed by atoms with Gasteiger partial charge in [-0.05, 0) is 54.8 Å². The summed E-state index contributed by atoms with van der Waals surface area (Å²) in [5.41, 5.74) is 6.57. The number of ether oxygens (including phenoxy) is 2. The highest BCUT2D eigenvalue weighted by atomic mass is 16.6. The van der Waals surface area contributed by atoms with Gasteiger partial charge in [-0.15, -0.1) is 0 Å². The maximum atomic E-state index is 13.1. The molecule has 0 saturated carbocycles. The van der Waals surface area contributed by atoms with Gasteiger partial charge in [0.1, 0.15) is 24.4 Å². The van der Waals surface area contributed by atoms with Crippen LogP contribution in [0.4, 0.5) is 10.5 Å². The summed E-state index contributed by atoms with van der Waals surface area (Å²) in [7, 11) is 0. The van der Waals surface area contributed by atoms with E-state index in [0.29, 0.717) is 36.9 Å². The van der Waals surface area contributed by atoms with Crippen molar-refractivity contribution in [1.29, 1.82) is 5.41 Å². The molecule has 0 fully saturated rings. The molecule has 0 aliphatic heterocycles. The molecule has 0 aromatic heterocycles. The van der Waals surface area contributed by atoms with E-state index in [1.165, 1.54) is 24.3 Å². The normalized spacial score (nSPS) is 11.7. The summed E-state index contributed by atoms with van der Waals surface area (Å²) in [6.07, 6.45) is 5.58. The number of nitrogens with zero attached hydrogens (tertiary/aromatic N) is 2. The van der Waals surface area contributed by atoms with Gasteiger partial charge >= 0.3 is 35.9 Å². The third kappa shape index (κ3) is 17.5. The highest BCUT2D eigenvalue weighted by Crippen LogP contribution is 2.19. The summed E-state index contributed by atoms with van der Waals surface area (Å²) >= 11 is 0. The first-order valence-corrected chi connectivity index (χ1v) is 17.8. The molecule has 2 aromatic rings. The number of carbonyl (C=O) groups excluding carboxylic acids is 3. The zero-order valence-corrected chi connectivity index (χ0v) is 30.4. The highest BCUT2D eigenvalue weighted by Gasteiger charge is 2.32. The lowest BCUT2D eigenvalue weighted by molar-refractivity contribution is -0.151. The van der Waals surface area contributed by atoms with Gasteiger partial charge in [-0.25, -0.2) is 19.2 Å². The van der Waals surface area contributed by atoms with E-state index in [9.17, 15) is 48.9 Å². The van der Waals surface area contributed by atoms with Crippen molar-refractivity contribution < 1.29 is 63.5 Å². The Morgan fingerprint density at radius 1 is 0.709 bits per heavy atom. The molecule has 0 aliphatic carbocycles. The van der Waals surface area contributed by atoms with E-state index in [0.717, 1.165) is 54.7 Å². The molecule has 0 saturated heterocycles. The average molecular weight is 772 g/mol. The lowest BCUT2D eigenvalue weighted by Gasteiger charge is -2.27. The standard InChI is InChI=1S/C37H49N5O13/c38-36(39)40-27-15-13-26(14-16-27)35(52)55-28-17-11-25(12-18-28)23-54-37(53)42(30(34(50)51)22-32(46)47)20-10-8-6-4-2-1-3-5-7-9-19-41(24-43)29(33(48)49)21-31(44)45/h11-18,24,29-30H,1-10,19-23H2,(H,44,45)(H,46,47)(H,48,49)(H,50,51)(H4,38,39,40). The summed E-state index contributed by atoms with van der Waals surface area (Å²) in [5.74, 6) is -6.20. The van der Waals surface area contributed by atoms with Gasteiger partial charge in [-0.2, -0.15) is 0 Å². The van der Waals surface area contributed by atoms with Crippen LogP contribution in [0.25, 0.3) is 0 Å². The molecule has 2 rings (SSSR count). The van der Waals surface area contributed by atoms with E-state index in [-0.39, 0.29) is 37.0 Å². The van der Waals surface area contributed by atoms with Crippen LogP contribution in [0, 0.1) is 5.41 Å². The Labute approximate surface area is 317 Å². The van der Waals surface area contributed by atoms with Gasteiger partial charge in [0.15, 0.2) is 5.96 Å². The second kappa shape index (κ2) is 24.2. The smallest absolute Gasteiger partial charge is 0.410 e. The van der Waals surface area contributed by atoms with Crippen LogP contribution in [-0.4, -0.2) is 104 Å². The predicted molar refractivity (Wildman–Crippen MR) is 197 cm³/mol. The van der Waals surface area contributed by atoms with Crippen molar-refractivity contribution in [2.45, 2.75) is 95.7 Å². The SMILES string of the molecule is N=C(N)Nc1ccc(C(=O)Oc2ccc(COC(=O)N(CCCCCCCCCCCCN(C=O)C(CC(=O)O)C(=O)O)C(CC(=O)O)C(=O)O)cc2)cc1. The summed E-state index contributed by atoms with van der Waals surface area (Å²) in [6.45, 7) is -0.131. The molecule has 18 heteroatoms. The summed E-state index contributed by atoms with van der Waals surface area (Å²) in [5, 5.41) is 47.0. The first-order valence-electron chi connectivity index (χ1n) is 17.8. The first kappa shape index (κ1) is 45.0. The number of anilines is 1. The number of benzene rings is 2. The van der Waals surface area contributed by atoms with Crippen LogP contribution in [0.15, 0.2) is 48.5 Å². The Kier molecular flexibility index (Phi) is 19.8. The Morgan fingerprint density at radius 3 is 1.67 bits per heavy atom. The number of carboxylic acids is 4. The zero-order chi connectivity index (χ0) is 40.8. The molecule has 0 spiro atoms. The van der Waals surface area contributed by atoms with Crippen molar-refractivity contribution in [1.82, 2.24) is 9.80 Å². The number of guanidine groups is 1. The van der Waals surface area contributed by atoms with Crippen molar-refractivity contribution in [3.8, 4) is 5.75 Å². The molecule has 0 radical (unpaired) electrons. The second-order valence-corrected chi connectivity index (χ2v) is 12.7. The van der Waals surface area contributed by atoms with Crippen LogP contribution in [0.2, 0.25) is 0 Å².